The molecule has 0 bridgehead atoms. The van der Waals surface area contributed by atoms with Gasteiger partial charge in [-0.15, -0.1) is 0 Å². The fraction of sp³-hybridized carbons (Fsp3) is 0.235. The Morgan fingerprint density at radius 2 is 1.92 bits per heavy atom. The van der Waals surface area contributed by atoms with Gasteiger partial charge in [0.05, 0.1) is 18.4 Å². The highest BCUT2D eigenvalue weighted by Gasteiger charge is 2.26. The molecule has 0 aliphatic heterocycles. The van der Waals surface area contributed by atoms with Crippen LogP contribution in [-0.2, 0) is 10.0 Å². The quantitative estimate of drug-likeness (QED) is 0.825. The zero-order valence-electron chi connectivity index (χ0n) is 13.5. The van der Waals surface area contributed by atoms with Crippen molar-refractivity contribution < 1.29 is 22.3 Å². The third-order valence-electron chi connectivity index (χ3n) is 3.74. The van der Waals surface area contributed by atoms with Crippen molar-refractivity contribution in [3.05, 3.63) is 53.8 Å². The van der Waals surface area contributed by atoms with Crippen LogP contribution in [0.1, 0.15) is 23.2 Å². The van der Waals surface area contributed by atoms with Crippen LogP contribution in [0.2, 0.25) is 0 Å². The van der Waals surface area contributed by atoms with Crippen LogP contribution in [0.25, 0.3) is 0 Å². The lowest BCUT2D eigenvalue weighted by Crippen LogP contribution is -2.27. The van der Waals surface area contributed by atoms with E-state index in [1.54, 1.807) is 12.1 Å². The monoisotopic (exact) mass is 364 g/mol. The summed E-state index contributed by atoms with van der Waals surface area (Å²) in [5, 5.41) is 2.81. The second-order valence-electron chi connectivity index (χ2n) is 5.69. The van der Waals surface area contributed by atoms with E-state index in [-0.39, 0.29) is 33.8 Å². The number of nitrogens with one attached hydrogen (secondary N) is 2. The van der Waals surface area contributed by atoms with E-state index in [4.69, 9.17) is 4.74 Å². The lowest BCUT2D eigenvalue weighted by Gasteiger charge is -2.14. The van der Waals surface area contributed by atoms with E-state index < -0.39 is 15.8 Å². The van der Waals surface area contributed by atoms with Gasteiger partial charge >= 0.3 is 0 Å². The Morgan fingerprint density at radius 3 is 2.60 bits per heavy atom. The molecule has 0 heterocycles. The number of benzene rings is 2. The van der Waals surface area contributed by atoms with Gasteiger partial charge in [0.25, 0.3) is 15.9 Å². The minimum absolute atomic E-state index is 0.00816. The van der Waals surface area contributed by atoms with E-state index in [0.717, 1.165) is 25.0 Å². The minimum atomic E-state index is -4.14. The number of rotatable bonds is 6. The van der Waals surface area contributed by atoms with Gasteiger partial charge in [-0.1, -0.05) is 12.1 Å². The van der Waals surface area contributed by atoms with Gasteiger partial charge in [-0.3, -0.25) is 9.52 Å². The van der Waals surface area contributed by atoms with Gasteiger partial charge in [0, 0.05) is 6.04 Å². The van der Waals surface area contributed by atoms with E-state index >= 15 is 0 Å². The number of carbonyl (C=O) groups excluding carboxylic acids is 1. The van der Waals surface area contributed by atoms with E-state index in [9.17, 15) is 17.6 Å². The molecular formula is C17H17FN2O4S. The standard InChI is InChI=1S/C17H17FN2O4S/c1-24-15-9-6-11(18)10-16(15)25(22,23)20-14-5-3-2-4-13(14)17(21)19-12-7-8-12/h2-6,9-10,12,20H,7-8H2,1H3,(H,19,21). The van der Waals surface area contributed by atoms with Crippen molar-refractivity contribution in [3.63, 3.8) is 0 Å². The predicted molar refractivity (Wildman–Crippen MR) is 90.7 cm³/mol. The van der Waals surface area contributed by atoms with Crippen LogP contribution in [0.3, 0.4) is 0 Å². The maximum absolute atomic E-state index is 13.5. The first kappa shape index (κ1) is 17.2. The first-order valence-corrected chi connectivity index (χ1v) is 9.15. The Bertz CT molecular complexity index is 911. The summed E-state index contributed by atoms with van der Waals surface area (Å²) in [7, 11) is -2.85. The van der Waals surface area contributed by atoms with Crippen LogP contribution in [0, 0.1) is 5.82 Å². The molecule has 1 aliphatic carbocycles. The minimum Gasteiger partial charge on any atom is -0.495 e. The number of anilines is 1. The number of sulfonamides is 1. The second kappa shape index (κ2) is 6.72. The van der Waals surface area contributed by atoms with Crippen molar-refractivity contribution in [2.45, 2.75) is 23.8 Å². The third kappa shape index (κ3) is 3.90. The Morgan fingerprint density at radius 1 is 1.20 bits per heavy atom. The molecule has 0 spiro atoms. The highest BCUT2D eigenvalue weighted by atomic mass is 32.2. The summed E-state index contributed by atoms with van der Waals surface area (Å²) in [5.74, 6) is -1.05. The molecule has 25 heavy (non-hydrogen) atoms. The van der Waals surface area contributed by atoms with Crippen molar-refractivity contribution >= 4 is 21.6 Å². The van der Waals surface area contributed by atoms with Crippen molar-refractivity contribution in [3.8, 4) is 5.75 Å². The maximum atomic E-state index is 13.5. The number of para-hydroxylation sites is 1. The molecule has 1 aliphatic rings. The van der Waals surface area contributed by atoms with Crippen LogP contribution in [0.15, 0.2) is 47.4 Å². The number of carbonyl (C=O) groups is 1. The molecule has 1 saturated carbocycles. The molecule has 0 aromatic heterocycles. The summed E-state index contributed by atoms with van der Waals surface area (Å²) in [5.41, 5.74) is 0.320. The fourth-order valence-corrected chi connectivity index (χ4v) is 3.58. The van der Waals surface area contributed by atoms with Crippen molar-refractivity contribution in [2.24, 2.45) is 0 Å². The topological polar surface area (TPSA) is 84.5 Å². The van der Waals surface area contributed by atoms with Crippen LogP contribution in [-0.4, -0.2) is 27.5 Å². The van der Waals surface area contributed by atoms with Gasteiger partial charge in [0.2, 0.25) is 0 Å². The maximum Gasteiger partial charge on any atom is 0.265 e. The number of methoxy groups -OCH3 is 1. The summed E-state index contributed by atoms with van der Waals surface area (Å²) in [6.07, 6.45) is 1.83. The Hall–Kier alpha value is -2.61. The van der Waals surface area contributed by atoms with Gasteiger partial charge in [-0.05, 0) is 43.2 Å². The summed E-state index contributed by atoms with van der Waals surface area (Å²) in [6.45, 7) is 0. The second-order valence-corrected chi connectivity index (χ2v) is 7.34. The molecule has 132 valence electrons. The smallest absolute Gasteiger partial charge is 0.265 e. The molecule has 0 atom stereocenters. The molecule has 0 unspecified atom stereocenters. The predicted octanol–water partition coefficient (Wildman–Crippen LogP) is 2.53. The highest BCUT2D eigenvalue weighted by Crippen LogP contribution is 2.28. The van der Waals surface area contributed by atoms with E-state index in [0.29, 0.717) is 0 Å². The van der Waals surface area contributed by atoms with E-state index in [1.165, 1.54) is 25.3 Å². The molecule has 1 amide bonds. The van der Waals surface area contributed by atoms with Gasteiger partial charge in [0.1, 0.15) is 16.5 Å². The number of hydrogen-bond acceptors (Lipinski definition) is 4. The molecular weight excluding hydrogens is 347 g/mol. The Balaban J connectivity index is 1.94. The summed E-state index contributed by atoms with van der Waals surface area (Å²) in [6, 6.07) is 9.60. The molecule has 0 saturated heterocycles. The number of hydrogen-bond donors (Lipinski definition) is 2. The van der Waals surface area contributed by atoms with Gasteiger partial charge in [0.15, 0.2) is 0 Å². The first-order valence-electron chi connectivity index (χ1n) is 7.67. The molecule has 8 heteroatoms. The largest absolute Gasteiger partial charge is 0.495 e. The van der Waals surface area contributed by atoms with Crippen molar-refractivity contribution in [1.29, 1.82) is 0 Å². The third-order valence-corrected chi connectivity index (χ3v) is 5.13. The average Bonchev–Trinajstić information content (AvgIpc) is 3.39. The van der Waals surface area contributed by atoms with Gasteiger partial charge in [-0.2, -0.15) is 0 Å². The van der Waals surface area contributed by atoms with Gasteiger partial charge < -0.3 is 10.1 Å². The lowest BCUT2D eigenvalue weighted by atomic mass is 10.1. The number of ether oxygens (including phenoxy) is 1. The van der Waals surface area contributed by atoms with E-state index in [1.807, 2.05) is 0 Å². The number of amides is 1. The fourth-order valence-electron chi connectivity index (χ4n) is 2.32. The summed E-state index contributed by atoms with van der Waals surface area (Å²) < 4.78 is 46.1. The first-order chi connectivity index (χ1) is 11.9. The normalized spacial score (nSPS) is 14.0. The summed E-state index contributed by atoms with van der Waals surface area (Å²) >= 11 is 0. The van der Waals surface area contributed by atoms with Crippen LogP contribution in [0.4, 0.5) is 10.1 Å². The molecule has 2 aromatic rings. The molecule has 3 rings (SSSR count). The molecule has 6 nitrogen and oxygen atoms in total. The van der Waals surface area contributed by atoms with Crippen molar-refractivity contribution in [1.82, 2.24) is 5.32 Å². The van der Waals surface area contributed by atoms with Gasteiger partial charge in [-0.25, -0.2) is 12.8 Å². The Kier molecular flexibility index (Phi) is 4.63. The molecule has 2 N–H and O–H groups in total. The van der Waals surface area contributed by atoms with E-state index in [2.05, 4.69) is 10.0 Å². The molecule has 0 radical (unpaired) electrons. The SMILES string of the molecule is COc1ccc(F)cc1S(=O)(=O)Nc1ccccc1C(=O)NC1CC1. The average molecular weight is 364 g/mol. The van der Waals surface area contributed by atoms with Crippen LogP contribution < -0.4 is 14.8 Å². The molecule has 1 fully saturated rings. The zero-order valence-corrected chi connectivity index (χ0v) is 14.3. The number of halogens is 1. The molecule has 2 aromatic carbocycles. The summed E-state index contributed by atoms with van der Waals surface area (Å²) in [4.78, 5) is 11.9. The van der Waals surface area contributed by atoms with Crippen LogP contribution in [0.5, 0.6) is 5.75 Å². The van der Waals surface area contributed by atoms with Crippen LogP contribution >= 0.6 is 0 Å². The highest BCUT2D eigenvalue weighted by molar-refractivity contribution is 7.92. The van der Waals surface area contributed by atoms with Crippen molar-refractivity contribution in [2.75, 3.05) is 11.8 Å². The zero-order chi connectivity index (χ0) is 18.0. The Labute approximate surface area is 145 Å². The lowest BCUT2D eigenvalue weighted by molar-refractivity contribution is 0.0952.